The van der Waals surface area contributed by atoms with Gasteiger partial charge in [-0.3, -0.25) is 4.90 Å². The van der Waals surface area contributed by atoms with Gasteiger partial charge in [0.2, 0.25) is 0 Å². The van der Waals surface area contributed by atoms with Crippen molar-refractivity contribution in [3.05, 3.63) is 28.2 Å². The molecule has 1 aromatic carbocycles. The maximum absolute atomic E-state index is 6.09. The quantitative estimate of drug-likeness (QED) is 0.920. The zero-order chi connectivity index (χ0) is 14.1. The number of nitrogens with zero attached hydrogens (tertiary/aromatic N) is 1. The molecule has 0 aliphatic carbocycles. The summed E-state index contributed by atoms with van der Waals surface area (Å²) in [5.41, 5.74) is 7.29. The van der Waals surface area contributed by atoms with Crippen LogP contribution >= 0.6 is 15.9 Å². The van der Waals surface area contributed by atoms with Crippen molar-refractivity contribution >= 4 is 15.9 Å². The fraction of sp³-hybridized carbons (Fsp3) is 0.625. The van der Waals surface area contributed by atoms with Gasteiger partial charge in [-0.15, -0.1) is 0 Å². The topological polar surface area (TPSA) is 38.5 Å². The highest BCUT2D eigenvalue weighted by molar-refractivity contribution is 9.10. The van der Waals surface area contributed by atoms with E-state index in [1.165, 1.54) is 18.4 Å². The van der Waals surface area contributed by atoms with Crippen LogP contribution in [0.5, 0.6) is 5.75 Å². The Hall–Kier alpha value is -0.580. The van der Waals surface area contributed by atoms with Crippen molar-refractivity contribution in [2.24, 2.45) is 11.7 Å². The van der Waals surface area contributed by atoms with Crippen molar-refractivity contribution in [2.45, 2.75) is 38.3 Å². The van der Waals surface area contributed by atoms with Crippen molar-refractivity contribution < 1.29 is 4.74 Å². The number of rotatable bonds is 3. The number of ether oxygens (including phenoxy) is 1. The molecular weight excluding hydrogens is 316 g/mol. The highest BCUT2D eigenvalue weighted by atomic mass is 79.9. The minimum atomic E-state index is 0.277. The zero-order valence-corrected chi connectivity index (χ0v) is 13.6. The van der Waals surface area contributed by atoms with Crippen LogP contribution in [0, 0.1) is 5.92 Å². The maximum atomic E-state index is 6.09. The molecule has 0 amide bonds. The average molecular weight is 339 g/mol. The first-order chi connectivity index (χ1) is 9.67. The Morgan fingerprint density at radius 2 is 2.30 bits per heavy atom. The Kier molecular flexibility index (Phi) is 4.34. The second-order valence-corrected chi connectivity index (χ2v) is 7.03. The second-order valence-electron chi connectivity index (χ2n) is 6.11. The van der Waals surface area contributed by atoms with Crippen molar-refractivity contribution in [2.75, 3.05) is 19.6 Å². The normalized spacial score (nSPS) is 30.1. The molecule has 3 nitrogen and oxygen atoms in total. The monoisotopic (exact) mass is 338 g/mol. The molecule has 2 aliphatic heterocycles. The van der Waals surface area contributed by atoms with Crippen LogP contribution in [0.4, 0.5) is 0 Å². The minimum absolute atomic E-state index is 0.277. The van der Waals surface area contributed by atoms with E-state index < -0.39 is 0 Å². The van der Waals surface area contributed by atoms with Crippen LogP contribution in [-0.2, 0) is 6.42 Å². The van der Waals surface area contributed by atoms with Crippen molar-refractivity contribution in [1.82, 2.24) is 4.90 Å². The van der Waals surface area contributed by atoms with Gasteiger partial charge in [-0.05, 0) is 49.1 Å². The van der Waals surface area contributed by atoms with Gasteiger partial charge < -0.3 is 10.5 Å². The first-order valence-corrected chi connectivity index (χ1v) is 8.36. The van der Waals surface area contributed by atoms with Gasteiger partial charge in [0.15, 0.2) is 0 Å². The number of halogens is 1. The molecule has 3 unspecified atom stereocenters. The maximum Gasteiger partial charge on any atom is 0.123 e. The average Bonchev–Trinajstić information content (AvgIpc) is 2.80. The summed E-state index contributed by atoms with van der Waals surface area (Å²) in [6.45, 7) is 5.24. The van der Waals surface area contributed by atoms with Gasteiger partial charge in [0, 0.05) is 30.0 Å². The number of hydrogen-bond donors (Lipinski definition) is 1. The standard InChI is InChI=1S/C16H23BrN2O/c1-11-3-2-6-19(15(11)9-18)10-14-8-12-7-13(17)4-5-16(12)20-14/h4-5,7,11,14-15H,2-3,6,8-10,18H2,1H3. The first-order valence-electron chi connectivity index (χ1n) is 7.56. The largest absolute Gasteiger partial charge is 0.488 e. The van der Waals surface area contributed by atoms with E-state index >= 15 is 0 Å². The summed E-state index contributed by atoms with van der Waals surface area (Å²) in [7, 11) is 0. The number of benzene rings is 1. The van der Waals surface area contributed by atoms with Crippen LogP contribution in [0.3, 0.4) is 0 Å². The predicted molar refractivity (Wildman–Crippen MR) is 85.1 cm³/mol. The molecule has 0 aromatic heterocycles. The van der Waals surface area contributed by atoms with Crippen LogP contribution in [0.15, 0.2) is 22.7 Å². The van der Waals surface area contributed by atoms with E-state index in [2.05, 4.69) is 39.9 Å². The molecule has 0 spiro atoms. The minimum Gasteiger partial charge on any atom is -0.488 e. The van der Waals surface area contributed by atoms with Gasteiger partial charge >= 0.3 is 0 Å². The Balaban J connectivity index is 1.65. The number of nitrogens with two attached hydrogens (primary N) is 1. The lowest BCUT2D eigenvalue weighted by Gasteiger charge is -2.40. The molecule has 2 heterocycles. The summed E-state index contributed by atoms with van der Waals surface area (Å²) in [5, 5.41) is 0. The summed E-state index contributed by atoms with van der Waals surface area (Å²) in [6, 6.07) is 6.81. The van der Waals surface area contributed by atoms with Gasteiger partial charge in [0.25, 0.3) is 0 Å². The van der Waals surface area contributed by atoms with Crippen molar-refractivity contribution in [3.63, 3.8) is 0 Å². The van der Waals surface area contributed by atoms with Gasteiger partial charge in [0.05, 0.1) is 0 Å². The zero-order valence-electron chi connectivity index (χ0n) is 12.0. The van der Waals surface area contributed by atoms with E-state index in [0.717, 1.165) is 36.3 Å². The fourth-order valence-electron chi connectivity index (χ4n) is 3.59. The van der Waals surface area contributed by atoms with E-state index in [1.807, 2.05) is 6.07 Å². The molecule has 4 heteroatoms. The third-order valence-corrected chi connectivity index (χ3v) is 5.17. The summed E-state index contributed by atoms with van der Waals surface area (Å²) < 4.78 is 7.22. The number of piperidine rings is 1. The molecule has 110 valence electrons. The number of hydrogen-bond acceptors (Lipinski definition) is 3. The number of fused-ring (bicyclic) bond motifs is 1. The van der Waals surface area contributed by atoms with Crippen LogP contribution in [0.2, 0.25) is 0 Å². The van der Waals surface area contributed by atoms with E-state index in [0.29, 0.717) is 12.0 Å². The van der Waals surface area contributed by atoms with Crippen molar-refractivity contribution in [3.8, 4) is 5.75 Å². The molecule has 1 aromatic rings. The summed E-state index contributed by atoms with van der Waals surface area (Å²) >= 11 is 3.53. The molecule has 1 fully saturated rings. The molecule has 1 saturated heterocycles. The smallest absolute Gasteiger partial charge is 0.123 e. The predicted octanol–water partition coefficient (Wildman–Crippen LogP) is 2.81. The lowest BCUT2D eigenvalue weighted by molar-refractivity contribution is 0.0650. The van der Waals surface area contributed by atoms with E-state index in [-0.39, 0.29) is 6.10 Å². The molecule has 2 aliphatic rings. The van der Waals surface area contributed by atoms with Crippen LogP contribution in [-0.4, -0.2) is 36.7 Å². The van der Waals surface area contributed by atoms with Gasteiger partial charge in [-0.2, -0.15) is 0 Å². The lowest BCUT2D eigenvalue weighted by atomic mass is 9.90. The van der Waals surface area contributed by atoms with Gasteiger partial charge in [-0.1, -0.05) is 22.9 Å². The van der Waals surface area contributed by atoms with Gasteiger partial charge in [0.1, 0.15) is 11.9 Å². The highest BCUT2D eigenvalue weighted by Gasteiger charge is 2.31. The molecule has 0 bridgehead atoms. The Morgan fingerprint density at radius 3 is 3.10 bits per heavy atom. The van der Waals surface area contributed by atoms with Crippen LogP contribution in [0.25, 0.3) is 0 Å². The van der Waals surface area contributed by atoms with E-state index in [1.54, 1.807) is 0 Å². The lowest BCUT2D eigenvalue weighted by Crippen LogP contribution is -2.51. The molecule has 20 heavy (non-hydrogen) atoms. The fourth-order valence-corrected chi connectivity index (χ4v) is 4.00. The molecular formula is C16H23BrN2O. The van der Waals surface area contributed by atoms with Gasteiger partial charge in [-0.25, -0.2) is 0 Å². The Bertz CT molecular complexity index is 480. The molecule has 2 N–H and O–H groups in total. The Labute approximate surface area is 129 Å². The number of likely N-dealkylation sites (tertiary alicyclic amines) is 1. The van der Waals surface area contributed by atoms with Crippen LogP contribution in [0.1, 0.15) is 25.3 Å². The highest BCUT2D eigenvalue weighted by Crippen LogP contribution is 2.32. The third kappa shape index (κ3) is 2.87. The molecule has 3 rings (SSSR count). The molecule has 3 atom stereocenters. The SMILES string of the molecule is CC1CCCN(CC2Cc3cc(Br)ccc3O2)C1CN. The van der Waals surface area contributed by atoms with Crippen molar-refractivity contribution in [1.29, 1.82) is 0 Å². The molecule has 0 radical (unpaired) electrons. The molecule has 0 saturated carbocycles. The first kappa shape index (κ1) is 14.4. The third-order valence-electron chi connectivity index (χ3n) is 4.67. The Morgan fingerprint density at radius 1 is 1.45 bits per heavy atom. The van der Waals surface area contributed by atoms with E-state index in [4.69, 9.17) is 10.5 Å². The summed E-state index contributed by atoms with van der Waals surface area (Å²) in [5.74, 6) is 1.75. The summed E-state index contributed by atoms with van der Waals surface area (Å²) in [6.07, 6.45) is 3.87. The van der Waals surface area contributed by atoms with Crippen LogP contribution < -0.4 is 10.5 Å². The second kappa shape index (κ2) is 6.04. The summed E-state index contributed by atoms with van der Waals surface area (Å²) in [4.78, 5) is 2.54. The van der Waals surface area contributed by atoms with E-state index in [9.17, 15) is 0 Å².